The summed E-state index contributed by atoms with van der Waals surface area (Å²) in [5.41, 5.74) is 0.314. The van der Waals surface area contributed by atoms with E-state index in [1.54, 1.807) is 0 Å². The van der Waals surface area contributed by atoms with Crippen molar-refractivity contribution in [3.63, 3.8) is 0 Å². The van der Waals surface area contributed by atoms with Crippen LogP contribution in [0.5, 0.6) is 0 Å². The quantitative estimate of drug-likeness (QED) is 0.932. The van der Waals surface area contributed by atoms with Crippen molar-refractivity contribution < 1.29 is 14.0 Å². The van der Waals surface area contributed by atoms with Gasteiger partial charge in [-0.3, -0.25) is 9.59 Å². The largest absolute Gasteiger partial charge is 0.344 e. The minimum absolute atomic E-state index is 0.174. The van der Waals surface area contributed by atoms with E-state index in [1.165, 1.54) is 23.1 Å². The Labute approximate surface area is 121 Å². The summed E-state index contributed by atoms with van der Waals surface area (Å²) in [7, 11) is 0. The van der Waals surface area contributed by atoms with Gasteiger partial charge in [0.25, 0.3) is 0 Å². The molecule has 1 heterocycles. The molecule has 1 aliphatic rings. The lowest BCUT2D eigenvalue weighted by Crippen LogP contribution is -2.44. The molecule has 0 radical (unpaired) electrons. The average Bonchev–Trinajstić information content (AvgIpc) is 2.54. The van der Waals surface area contributed by atoms with Crippen LogP contribution < -0.4 is 10.2 Å². The van der Waals surface area contributed by atoms with E-state index < -0.39 is 11.9 Å². The fourth-order valence-electron chi connectivity index (χ4n) is 2.26. The number of halogens is 2. The Hall–Kier alpha value is -1.62. The van der Waals surface area contributed by atoms with E-state index in [-0.39, 0.29) is 24.8 Å². The molecule has 1 N–H and O–H groups in total. The number of hydrogen-bond donors (Lipinski definition) is 1. The lowest BCUT2D eigenvalue weighted by molar-refractivity contribution is -0.125. The number of carbonyl (C=O) groups excluding carboxylic acids is 2. The molecule has 1 atom stereocenters. The maximum Gasteiger partial charge on any atom is 0.249 e. The molecular formula is C14H16ClFN2O2. The first-order valence-electron chi connectivity index (χ1n) is 6.58. The third-order valence-electron chi connectivity index (χ3n) is 3.24. The molecule has 2 amide bonds. The van der Waals surface area contributed by atoms with Crippen molar-refractivity contribution in [2.45, 2.75) is 32.2 Å². The number of anilines is 1. The first kappa shape index (κ1) is 14.8. The van der Waals surface area contributed by atoms with Crippen LogP contribution in [0.2, 0.25) is 5.02 Å². The van der Waals surface area contributed by atoms with Crippen LogP contribution in [0.3, 0.4) is 0 Å². The number of nitrogens with one attached hydrogen (secondary N) is 1. The zero-order valence-corrected chi connectivity index (χ0v) is 11.9. The Morgan fingerprint density at radius 2 is 2.20 bits per heavy atom. The highest BCUT2D eigenvalue weighted by Crippen LogP contribution is 2.28. The summed E-state index contributed by atoms with van der Waals surface area (Å²) in [5.74, 6) is -0.884. The van der Waals surface area contributed by atoms with Gasteiger partial charge in [0.15, 0.2) is 0 Å². The number of carbonyl (C=O) groups is 2. The Morgan fingerprint density at radius 3 is 2.90 bits per heavy atom. The van der Waals surface area contributed by atoms with E-state index in [9.17, 15) is 14.0 Å². The second kappa shape index (κ2) is 6.22. The molecular weight excluding hydrogens is 283 g/mol. The molecule has 4 nitrogen and oxygen atoms in total. The molecule has 0 aromatic heterocycles. The summed E-state index contributed by atoms with van der Waals surface area (Å²) >= 11 is 6.04. The van der Waals surface area contributed by atoms with Gasteiger partial charge in [-0.05, 0) is 24.6 Å². The number of amides is 2. The minimum atomic E-state index is -0.575. The SMILES string of the molecule is CCCC1NC(=O)CCN(c2cc(F)ccc2Cl)C1=O. The van der Waals surface area contributed by atoms with E-state index in [0.29, 0.717) is 17.1 Å². The van der Waals surface area contributed by atoms with Crippen LogP contribution in [0, 0.1) is 5.82 Å². The molecule has 1 aromatic rings. The van der Waals surface area contributed by atoms with Crippen LogP contribution in [0.1, 0.15) is 26.2 Å². The topological polar surface area (TPSA) is 49.4 Å². The predicted octanol–water partition coefficient (Wildman–Crippen LogP) is 2.50. The van der Waals surface area contributed by atoms with Gasteiger partial charge in [0, 0.05) is 13.0 Å². The Kier molecular flexibility index (Phi) is 4.60. The maximum atomic E-state index is 13.4. The van der Waals surface area contributed by atoms with E-state index in [4.69, 9.17) is 11.6 Å². The molecule has 1 aromatic carbocycles. The molecule has 0 saturated carbocycles. The molecule has 6 heteroatoms. The summed E-state index contributed by atoms with van der Waals surface area (Å²) in [6.07, 6.45) is 1.49. The highest BCUT2D eigenvalue weighted by Gasteiger charge is 2.31. The van der Waals surface area contributed by atoms with Crippen LogP contribution >= 0.6 is 11.6 Å². The molecule has 1 unspecified atom stereocenters. The summed E-state index contributed by atoms with van der Waals surface area (Å²) in [5, 5.41) is 2.99. The highest BCUT2D eigenvalue weighted by atomic mass is 35.5. The smallest absolute Gasteiger partial charge is 0.249 e. The van der Waals surface area contributed by atoms with Crippen LogP contribution in [0.15, 0.2) is 18.2 Å². The lowest BCUT2D eigenvalue weighted by Gasteiger charge is -2.24. The van der Waals surface area contributed by atoms with E-state index in [1.807, 2.05) is 6.92 Å². The van der Waals surface area contributed by atoms with Gasteiger partial charge in [-0.15, -0.1) is 0 Å². The highest BCUT2D eigenvalue weighted by molar-refractivity contribution is 6.33. The van der Waals surface area contributed by atoms with Gasteiger partial charge in [0.05, 0.1) is 10.7 Å². The van der Waals surface area contributed by atoms with Crippen molar-refractivity contribution in [2.24, 2.45) is 0 Å². The lowest BCUT2D eigenvalue weighted by atomic mass is 10.1. The Balaban J connectivity index is 2.35. The second-order valence-corrected chi connectivity index (χ2v) is 5.15. The third-order valence-corrected chi connectivity index (χ3v) is 3.56. The Bertz CT molecular complexity index is 536. The molecule has 108 valence electrons. The van der Waals surface area contributed by atoms with Crippen LogP contribution in [-0.4, -0.2) is 24.4 Å². The number of rotatable bonds is 3. The van der Waals surface area contributed by atoms with Gasteiger partial charge in [-0.25, -0.2) is 4.39 Å². The average molecular weight is 299 g/mol. The maximum absolute atomic E-state index is 13.4. The number of nitrogens with zero attached hydrogens (tertiary/aromatic N) is 1. The van der Waals surface area contributed by atoms with Crippen molar-refractivity contribution >= 4 is 29.1 Å². The summed E-state index contributed by atoms with van der Waals surface area (Å²) in [6, 6.07) is 3.29. The van der Waals surface area contributed by atoms with Crippen LogP contribution in [-0.2, 0) is 9.59 Å². The van der Waals surface area contributed by atoms with Gasteiger partial charge in [-0.2, -0.15) is 0 Å². The van der Waals surface area contributed by atoms with Crippen molar-refractivity contribution in [1.29, 1.82) is 0 Å². The standard InChI is InChI=1S/C14H16ClFN2O2/c1-2-3-11-14(20)18(7-6-13(19)17-11)12-8-9(16)4-5-10(12)15/h4-5,8,11H,2-3,6-7H2,1H3,(H,17,19). The number of hydrogen-bond acceptors (Lipinski definition) is 2. The normalized spacial score (nSPS) is 19.8. The molecule has 1 fully saturated rings. The van der Waals surface area contributed by atoms with Gasteiger partial charge in [-0.1, -0.05) is 24.9 Å². The van der Waals surface area contributed by atoms with E-state index >= 15 is 0 Å². The van der Waals surface area contributed by atoms with Crippen LogP contribution in [0.25, 0.3) is 0 Å². The third kappa shape index (κ3) is 3.10. The summed E-state index contributed by atoms with van der Waals surface area (Å²) in [6.45, 7) is 2.14. The zero-order valence-electron chi connectivity index (χ0n) is 11.2. The second-order valence-electron chi connectivity index (χ2n) is 4.74. The minimum Gasteiger partial charge on any atom is -0.344 e. The number of benzene rings is 1. The monoisotopic (exact) mass is 298 g/mol. The first-order chi connectivity index (χ1) is 9.52. The van der Waals surface area contributed by atoms with Gasteiger partial charge in [0.1, 0.15) is 11.9 Å². The van der Waals surface area contributed by atoms with Gasteiger partial charge in [0.2, 0.25) is 11.8 Å². The van der Waals surface area contributed by atoms with E-state index in [0.717, 1.165) is 6.42 Å². The molecule has 20 heavy (non-hydrogen) atoms. The van der Waals surface area contributed by atoms with Crippen molar-refractivity contribution in [3.8, 4) is 0 Å². The fraction of sp³-hybridized carbons (Fsp3) is 0.429. The zero-order chi connectivity index (χ0) is 14.7. The Morgan fingerprint density at radius 1 is 1.45 bits per heavy atom. The molecule has 0 spiro atoms. The van der Waals surface area contributed by atoms with Crippen molar-refractivity contribution in [2.75, 3.05) is 11.4 Å². The van der Waals surface area contributed by atoms with Gasteiger partial charge >= 0.3 is 0 Å². The molecule has 1 aliphatic heterocycles. The first-order valence-corrected chi connectivity index (χ1v) is 6.96. The van der Waals surface area contributed by atoms with Gasteiger partial charge < -0.3 is 10.2 Å². The van der Waals surface area contributed by atoms with Crippen LogP contribution in [0.4, 0.5) is 10.1 Å². The van der Waals surface area contributed by atoms with Crippen molar-refractivity contribution in [3.05, 3.63) is 29.0 Å². The fourth-order valence-corrected chi connectivity index (χ4v) is 2.48. The summed E-state index contributed by atoms with van der Waals surface area (Å²) in [4.78, 5) is 25.5. The van der Waals surface area contributed by atoms with Crippen molar-refractivity contribution in [1.82, 2.24) is 5.32 Å². The molecule has 1 saturated heterocycles. The summed E-state index contributed by atoms with van der Waals surface area (Å²) < 4.78 is 13.4. The van der Waals surface area contributed by atoms with E-state index in [2.05, 4.69) is 5.32 Å². The molecule has 2 rings (SSSR count). The predicted molar refractivity (Wildman–Crippen MR) is 75.2 cm³/mol. The molecule has 0 aliphatic carbocycles. The molecule has 0 bridgehead atoms.